The fraction of sp³-hybridized carbons (Fsp3) is 0.697. The second kappa shape index (κ2) is 13.3. The Morgan fingerprint density at radius 1 is 1.16 bits per heavy atom. The minimum absolute atomic E-state index is 0.00318. The lowest BCUT2D eigenvalue weighted by molar-refractivity contribution is -0.133. The number of hydrogen-bond donors (Lipinski definition) is 1. The molecule has 11 nitrogen and oxygen atoms in total. The van der Waals surface area contributed by atoms with E-state index in [1.54, 1.807) is 51.5 Å². The van der Waals surface area contributed by atoms with E-state index in [9.17, 15) is 19.2 Å². The summed E-state index contributed by atoms with van der Waals surface area (Å²) in [4.78, 5) is 59.3. The quantitative estimate of drug-likeness (QED) is 0.386. The number of nitrogens with one attached hydrogen (secondary N) is 1. The number of nitrogens with zero attached hydrogens (tertiary/aromatic N) is 3. The average molecular weight is 615 g/mol. The summed E-state index contributed by atoms with van der Waals surface area (Å²) < 4.78 is 17.0. The van der Waals surface area contributed by atoms with Gasteiger partial charge in [-0.3, -0.25) is 14.4 Å². The van der Waals surface area contributed by atoms with Crippen LogP contribution in [-0.2, 0) is 23.9 Å². The van der Waals surface area contributed by atoms with Crippen LogP contribution in [0.15, 0.2) is 18.2 Å². The van der Waals surface area contributed by atoms with Crippen molar-refractivity contribution in [2.45, 2.75) is 104 Å². The van der Waals surface area contributed by atoms with Crippen LogP contribution in [0.25, 0.3) is 0 Å². The van der Waals surface area contributed by atoms with Crippen LogP contribution in [-0.4, -0.2) is 85.4 Å². The number of carbonyl (C=O) groups is 4. The van der Waals surface area contributed by atoms with E-state index < -0.39 is 29.1 Å². The van der Waals surface area contributed by atoms with E-state index >= 15 is 0 Å². The molecule has 0 aromatic heterocycles. The molecule has 1 aromatic rings. The van der Waals surface area contributed by atoms with Crippen molar-refractivity contribution < 1.29 is 33.4 Å². The van der Waals surface area contributed by atoms with Crippen molar-refractivity contribution in [3.63, 3.8) is 0 Å². The first-order chi connectivity index (χ1) is 20.6. The summed E-state index contributed by atoms with van der Waals surface area (Å²) in [6.45, 7) is 14.1. The highest BCUT2D eigenvalue weighted by molar-refractivity contribution is 6.04. The molecule has 11 heteroatoms. The molecule has 44 heavy (non-hydrogen) atoms. The van der Waals surface area contributed by atoms with E-state index in [4.69, 9.17) is 14.2 Å². The number of rotatable bonds is 10. The van der Waals surface area contributed by atoms with E-state index in [0.717, 1.165) is 19.3 Å². The van der Waals surface area contributed by atoms with Crippen LogP contribution in [0.1, 0.15) is 80.6 Å². The van der Waals surface area contributed by atoms with Gasteiger partial charge in [0.25, 0.3) is 5.91 Å². The van der Waals surface area contributed by atoms with Gasteiger partial charge in [0.05, 0.1) is 17.5 Å². The molecule has 3 atom stereocenters. The third-order valence-corrected chi connectivity index (χ3v) is 8.34. The summed E-state index contributed by atoms with van der Waals surface area (Å²) in [5.74, 6) is -1.03. The van der Waals surface area contributed by atoms with E-state index in [0.29, 0.717) is 43.1 Å². The maximum absolute atomic E-state index is 14.4. The van der Waals surface area contributed by atoms with Gasteiger partial charge < -0.3 is 34.2 Å². The van der Waals surface area contributed by atoms with E-state index in [1.165, 1.54) is 4.90 Å². The van der Waals surface area contributed by atoms with Crippen molar-refractivity contribution in [1.82, 2.24) is 10.2 Å². The van der Waals surface area contributed by atoms with Crippen molar-refractivity contribution in [2.24, 2.45) is 11.8 Å². The van der Waals surface area contributed by atoms with Crippen LogP contribution in [0.5, 0.6) is 5.75 Å². The number of likely N-dealkylation sites (tertiary alicyclic amines) is 1. The first kappa shape index (κ1) is 33.6. The number of ether oxygens (including phenoxy) is 3. The zero-order valence-corrected chi connectivity index (χ0v) is 27.6. The van der Waals surface area contributed by atoms with Crippen LogP contribution >= 0.6 is 0 Å². The fourth-order valence-corrected chi connectivity index (χ4v) is 5.75. The van der Waals surface area contributed by atoms with Crippen molar-refractivity contribution in [1.29, 1.82) is 0 Å². The molecule has 0 unspecified atom stereocenters. The van der Waals surface area contributed by atoms with Gasteiger partial charge in [0.2, 0.25) is 11.8 Å². The monoisotopic (exact) mass is 614 g/mol. The Hall–Kier alpha value is -3.34. The van der Waals surface area contributed by atoms with Gasteiger partial charge in [-0.15, -0.1) is 0 Å². The Morgan fingerprint density at radius 2 is 1.84 bits per heavy atom. The summed E-state index contributed by atoms with van der Waals surface area (Å²) in [6.07, 6.45) is 2.92. The van der Waals surface area contributed by atoms with Crippen LogP contribution in [0.3, 0.4) is 0 Å². The number of anilines is 2. The molecule has 0 bridgehead atoms. The maximum atomic E-state index is 14.4. The molecule has 1 N–H and O–H groups in total. The van der Waals surface area contributed by atoms with Gasteiger partial charge in [-0.25, -0.2) is 4.79 Å². The number of fused-ring (bicyclic) bond motifs is 1. The third kappa shape index (κ3) is 7.83. The molecule has 244 valence electrons. The lowest BCUT2D eigenvalue weighted by Gasteiger charge is -2.40. The Bertz CT molecular complexity index is 1240. The predicted molar refractivity (Wildman–Crippen MR) is 168 cm³/mol. The zero-order chi connectivity index (χ0) is 32.4. The van der Waals surface area contributed by atoms with E-state index in [1.807, 2.05) is 32.0 Å². The molecule has 1 saturated heterocycles. The highest BCUT2D eigenvalue weighted by Crippen LogP contribution is 2.43. The Labute approximate surface area is 261 Å². The van der Waals surface area contributed by atoms with Crippen molar-refractivity contribution in [3.8, 4) is 5.75 Å². The lowest BCUT2D eigenvalue weighted by Crippen LogP contribution is -2.54. The second-order valence-electron chi connectivity index (χ2n) is 13.8. The molecule has 0 radical (unpaired) electrons. The van der Waals surface area contributed by atoms with E-state index in [-0.39, 0.29) is 42.9 Å². The number of amides is 4. The molecular formula is C33H50N4O7. The number of piperidine rings is 1. The van der Waals surface area contributed by atoms with E-state index in [2.05, 4.69) is 5.32 Å². The Balaban J connectivity index is 1.64. The van der Waals surface area contributed by atoms with Crippen molar-refractivity contribution in [2.75, 3.05) is 43.2 Å². The first-order valence-electron chi connectivity index (χ1n) is 15.9. The van der Waals surface area contributed by atoms with Gasteiger partial charge >= 0.3 is 6.09 Å². The van der Waals surface area contributed by atoms with Gasteiger partial charge in [0.15, 0.2) is 5.60 Å². The largest absolute Gasteiger partial charge is 0.476 e. The summed E-state index contributed by atoms with van der Waals surface area (Å²) in [7, 11) is 1.63. The summed E-state index contributed by atoms with van der Waals surface area (Å²) >= 11 is 0. The highest BCUT2D eigenvalue weighted by atomic mass is 16.6. The van der Waals surface area contributed by atoms with Gasteiger partial charge in [-0.2, -0.15) is 0 Å². The van der Waals surface area contributed by atoms with Crippen LogP contribution in [0.2, 0.25) is 0 Å². The molecule has 2 heterocycles. The number of carbonyl (C=O) groups excluding carboxylic acids is 4. The van der Waals surface area contributed by atoms with Crippen molar-refractivity contribution in [3.05, 3.63) is 18.2 Å². The molecule has 3 aliphatic rings. The molecule has 1 saturated carbocycles. The second-order valence-corrected chi connectivity index (χ2v) is 13.8. The number of benzene rings is 1. The zero-order valence-electron chi connectivity index (χ0n) is 27.6. The SMILES string of the molecule is CC[C@H](C)NC(=O)[C@H]1C[C@@H](C(=O)N(c2ccc3c(c2)N(CCCOC)C(=O)C(C)(C)O3)C2CC2)CN(C(=O)OC(C)(C)C)C1. The molecule has 0 spiro atoms. The molecule has 1 aromatic carbocycles. The highest BCUT2D eigenvalue weighted by Gasteiger charge is 2.45. The maximum Gasteiger partial charge on any atom is 0.410 e. The van der Waals surface area contributed by atoms with Gasteiger partial charge in [-0.1, -0.05) is 6.92 Å². The van der Waals surface area contributed by atoms with Crippen molar-refractivity contribution >= 4 is 35.2 Å². The standard InChI is InChI=1S/C33H50N4O7/c1-9-21(2)34-28(38)22-17-23(20-35(19-22)31(41)44-32(3,4)5)29(39)37(24-11-12-24)25-13-14-27-26(18-25)36(15-10-16-42-8)30(40)33(6,7)43-27/h13-14,18,21-24H,9-12,15-17,19-20H2,1-8H3,(H,34,38)/t21-,22-,23+/m0/s1. The van der Waals surface area contributed by atoms with Crippen LogP contribution < -0.4 is 19.9 Å². The predicted octanol–water partition coefficient (Wildman–Crippen LogP) is 4.51. The normalized spacial score (nSPS) is 22.0. The third-order valence-electron chi connectivity index (χ3n) is 8.34. The molecular weight excluding hydrogens is 564 g/mol. The van der Waals surface area contributed by atoms with Gasteiger partial charge in [-0.05, 0) is 91.8 Å². The molecule has 4 amide bonds. The smallest absolute Gasteiger partial charge is 0.410 e. The Kier molecular flexibility index (Phi) is 10.2. The molecule has 4 rings (SSSR count). The van der Waals surface area contributed by atoms with Gasteiger partial charge in [0, 0.05) is 51.1 Å². The minimum Gasteiger partial charge on any atom is -0.476 e. The molecule has 2 fully saturated rings. The summed E-state index contributed by atoms with van der Waals surface area (Å²) in [6, 6.07) is 5.52. The average Bonchev–Trinajstić information content (AvgIpc) is 3.79. The van der Waals surface area contributed by atoms with Crippen LogP contribution in [0, 0.1) is 11.8 Å². The first-order valence-corrected chi connectivity index (χ1v) is 15.9. The lowest BCUT2D eigenvalue weighted by atomic mass is 9.87. The number of methoxy groups -OCH3 is 1. The minimum atomic E-state index is -1.02. The number of hydrogen-bond acceptors (Lipinski definition) is 7. The summed E-state index contributed by atoms with van der Waals surface area (Å²) in [5, 5.41) is 3.03. The Morgan fingerprint density at radius 3 is 2.45 bits per heavy atom. The molecule has 1 aliphatic carbocycles. The fourth-order valence-electron chi connectivity index (χ4n) is 5.75. The molecule has 2 aliphatic heterocycles. The van der Waals surface area contributed by atoms with Gasteiger partial charge in [0.1, 0.15) is 11.4 Å². The van der Waals surface area contributed by atoms with Crippen LogP contribution in [0.4, 0.5) is 16.2 Å². The topological polar surface area (TPSA) is 118 Å². The summed E-state index contributed by atoms with van der Waals surface area (Å²) in [5.41, 5.74) is -0.453.